The standard InChI is InChI=1S/C18H21N5O2/c24-12-13-4-5-14-11-20-23(15(14)10-13)16-6-9-19-17(21-16)22-18(25)7-2-1-3-8-18/h4-6,9-11,24-25H,1-3,7-8,12H2,(H,19,21,22). The van der Waals surface area contributed by atoms with Gasteiger partial charge in [0.1, 0.15) is 5.72 Å². The van der Waals surface area contributed by atoms with Crippen molar-refractivity contribution in [3.63, 3.8) is 0 Å². The molecule has 3 N–H and O–H groups in total. The summed E-state index contributed by atoms with van der Waals surface area (Å²) in [4.78, 5) is 8.75. The van der Waals surface area contributed by atoms with Crippen LogP contribution < -0.4 is 5.32 Å². The van der Waals surface area contributed by atoms with Crippen molar-refractivity contribution in [1.82, 2.24) is 19.7 Å². The van der Waals surface area contributed by atoms with E-state index in [0.717, 1.165) is 35.7 Å². The lowest BCUT2D eigenvalue weighted by Gasteiger charge is -2.32. The molecule has 0 unspecified atom stereocenters. The van der Waals surface area contributed by atoms with Gasteiger partial charge in [-0.05, 0) is 37.3 Å². The van der Waals surface area contributed by atoms with Gasteiger partial charge in [0, 0.05) is 17.6 Å². The monoisotopic (exact) mass is 339 g/mol. The van der Waals surface area contributed by atoms with E-state index in [9.17, 15) is 10.2 Å². The summed E-state index contributed by atoms with van der Waals surface area (Å²) < 4.78 is 1.71. The summed E-state index contributed by atoms with van der Waals surface area (Å²) >= 11 is 0. The molecule has 1 fully saturated rings. The van der Waals surface area contributed by atoms with Gasteiger partial charge in [-0.3, -0.25) is 0 Å². The van der Waals surface area contributed by atoms with Gasteiger partial charge in [0.15, 0.2) is 5.82 Å². The minimum Gasteiger partial charge on any atom is -0.392 e. The van der Waals surface area contributed by atoms with Crippen molar-refractivity contribution < 1.29 is 10.2 Å². The van der Waals surface area contributed by atoms with Crippen LogP contribution in [0.3, 0.4) is 0 Å². The average molecular weight is 339 g/mol. The summed E-state index contributed by atoms with van der Waals surface area (Å²) in [6.07, 6.45) is 7.96. The maximum atomic E-state index is 10.6. The van der Waals surface area contributed by atoms with E-state index in [4.69, 9.17) is 0 Å². The lowest BCUT2D eigenvalue weighted by Crippen LogP contribution is -2.40. The molecular formula is C18H21N5O2. The lowest BCUT2D eigenvalue weighted by atomic mass is 9.92. The molecule has 7 heteroatoms. The average Bonchev–Trinajstić information content (AvgIpc) is 3.05. The number of fused-ring (bicyclic) bond motifs is 1. The number of nitrogens with zero attached hydrogens (tertiary/aromatic N) is 4. The van der Waals surface area contributed by atoms with Crippen LogP contribution in [0.2, 0.25) is 0 Å². The molecule has 1 aliphatic rings. The third kappa shape index (κ3) is 3.20. The second-order valence-electron chi connectivity index (χ2n) is 6.56. The molecule has 7 nitrogen and oxygen atoms in total. The maximum absolute atomic E-state index is 10.6. The van der Waals surface area contributed by atoms with Gasteiger partial charge in [0.2, 0.25) is 5.95 Å². The molecule has 25 heavy (non-hydrogen) atoms. The van der Waals surface area contributed by atoms with Gasteiger partial charge in [0.25, 0.3) is 0 Å². The summed E-state index contributed by atoms with van der Waals surface area (Å²) in [6, 6.07) is 7.47. The Morgan fingerprint density at radius 2 is 2.00 bits per heavy atom. The molecule has 0 spiro atoms. The third-order valence-corrected chi connectivity index (χ3v) is 4.70. The summed E-state index contributed by atoms with van der Waals surface area (Å²) in [6.45, 7) is -0.0231. The number of aliphatic hydroxyl groups is 2. The number of nitrogens with one attached hydrogen (secondary N) is 1. The summed E-state index contributed by atoms with van der Waals surface area (Å²) in [5.41, 5.74) is 0.748. The van der Waals surface area contributed by atoms with Crippen LogP contribution in [-0.2, 0) is 6.61 Å². The van der Waals surface area contributed by atoms with Crippen LogP contribution in [0.1, 0.15) is 37.7 Å². The van der Waals surface area contributed by atoms with Crippen LogP contribution in [0.5, 0.6) is 0 Å². The second kappa shape index (κ2) is 6.42. The summed E-state index contributed by atoms with van der Waals surface area (Å²) in [5.74, 6) is 1.01. The van der Waals surface area contributed by atoms with Crippen molar-refractivity contribution in [2.45, 2.75) is 44.4 Å². The molecule has 0 bridgehead atoms. The molecule has 1 aliphatic carbocycles. The minimum absolute atomic E-state index is 0.0231. The number of anilines is 1. The molecule has 0 amide bonds. The number of aliphatic hydroxyl groups excluding tert-OH is 1. The first kappa shape index (κ1) is 16.0. The van der Waals surface area contributed by atoms with Crippen molar-refractivity contribution in [2.75, 3.05) is 5.32 Å². The highest BCUT2D eigenvalue weighted by Gasteiger charge is 2.29. The van der Waals surface area contributed by atoms with Gasteiger partial charge in [-0.2, -0.15) is 10.1 Å². The highest BCUT2D eigenvalue weighted by Crippen LogP contribution is 2.28. The van der Waals surface area contributed by atoms with E-state index in [1.54, 1.807) is 23.1 Å². The molecule has 4 rings (SSSR count). The molecule has 3 aromatic rings. The van der Waals surface area contributed by atoms with Crippen LogP contribution in [0, 0.1) is 0 Å². The van der Waals surface area contributed by atoms with Gasteiger partial charge in [-0.15, -0.1) is 0 Å². The number of hydrogen-bond acceptors (Lipinski definition) is 6. The van der Waals surface area contributed by atoms with Crippen LogP contribution in [-0.4, -0.2) is 35.7 Å². The minimum atomic E-state index is -0.937. The molecule has 0 aliphatic heterocycles. The fourth-order valence-electron chi connectivity index (χ4n) is 3.34. The Labute approximate surface area is 145 Å². The Balaban J connectivity index is 1.67. The summed E-state index contributed by atoms with van der Waals surface area (Å²) in [5, 5.41) is 28.5. The molecule has 130 valence electrons. The smallest absolute Gasteiger partial charge is 0.226 e. The second-order valence-corrected chi connectivity index (χ2v) is 6.56. The van der Waals surface area contributed by atoms with Gasteiger partial charge < -0.3 is 15.5 Å². The number of benzene rings is 1. The fraction of sp³-hybridized carbons (Fsp3) is 0.389. The van der Waals surface area contributed by atoms with E-state index < -0.39 is 5.72 Å². The molecule has 0 radical (unpaired) electrons. The van der Waals surface area contributed by atoms with E-state index in [1.165, 1.54) is 0 Å². The van der Waals surface area contributed by atoms with E-state index in [0.29, 0.717) is 24.6 Å². The maximum Gasteiger partial charge on any atom is 0.226 e. The first-order valence-electron chi connectivity index (χ1n) is 8.58. The SMILES string of the molecule is OCc1ccc2cnn(-c3ccnc(NC4(O)CCCCC4)n3)c2c1. The molecule has 0 saturated heterocycles. The molecule has 1 saturated carbocycles. The van der Waals surface area contributed by atoms with E-state index in [-0.39, 0.29) is 6.61 Å². The molecule has 1 aromatic carbocycles. The predicted octanol–water partition coefficient (Wildman–Crippen LogP) is 2.37. The zero-order chi connectivity index (χ0) is 17.3. The normalized spacial score (nSPS) is 16.9. The molecular weight excluding hydrogens is 318 g/mol. The van der Waals surface area contributed by atoms with Crippen LogP contribution in [0.4, 0.5) is 5.95 Å². The Morgan fingerprint density at radius 3 is 2.80 bits per heavy atom. The van der Waals surface area contributed by atoms with Crippen molar-refractivity contribution in [3.8, 4) is 5.82 Å². The van der Waals surface area contributed by atoms with Crippen LogP contribution in [0.15, 0.2) is 36.7 Å². The Morgan fingerprint density at radius 1 is 1.16 bits per heavy atom. The van der Waals surface area contributed by atoms with Gasteiger partial charge >= 0.3 is 0 Å². The Bertz CT molecular complexity index is 886. The highest BCUT2D eigenvalue weighted by atomic mass is 16.3. The largest absolute Gasteiger partial charge is 0.392 e. The number of aromatic nitrogens is 4. The number of hydrogen-bond donors (Lipinski definition) is 3. The fourth-order valence-corrected chi connectivity index (χ4v) is 3.34. The quantitative estimate of drug-likeness (QED) is 0.632. The molecule has 0 atom stereocenters. The van der Waals surface area contributed by atoms with Crippen LogP contribution >= 0.6 is 0 Å². The van der Waals surface area contributed by atoms with Crippen molar-refractivity contribution in [3.05, 3.63) is 42.2 Å². The third-order valence-electron chi connectivity index (χ3n) is 4.70. The first-order chi connectivity index (χ1) is 12.2. The van der Waals surface area contributed by atoms with E-state index in [1.807, 2.05) is 18.2 Å². The van der Waals surface area contributed by atoms with Crippen molar-refractivity contribution in [1.29, 1.82) is 0 Å². The zero-order valence-electron chi connectivity index (χ0n) is 13.9. The molecule has 2 aromatic heterocycles. The zero-order valence-corrected chi connectivity index (χ0v) is 13.9. The van der Waals surface area contributed by atoms with Crippen LogP contribution in [0.25, 0.3) is 16.7 Å². The number of rotatable bonds is 4. The highest BCUT2D eigenvalue weighted by molar-refractivity contribution is 5.80. The van der Waals surface area contributed by atoms with E-state index >= 15 is 0 Å². The molecule has 2 heterocycles. The lowest BCUT2D eigenvalue weighted by molar-refractivity contribution is 0.0309. The first-order valence-corrected chi connectivity index (χ1v) is 8.58. The topological polar surface area (TPSA) is 96.1 Å². The predicted molar refractivity (Wildman–Crippen MR) is 94.2 cm³/mol. The van der Waals surface area contributed by atoms with Gasteiger partial charge in [-0.1, -0.05) is 18.6 Å². The van der Waals surface area contributed by atoms with Crippen molar-refractivity contribution in [2.24, 2.45) is 0 Å². The Kier molecular flexibility index (Phi) is 4.10. The van der Waals surface area contributed by atoms with Gasteiger partial charge in [-0.25, -0.2) is 9.67 Å². The van der Waals surface area contributed by atoms with Crippen molar-refractivity contribution >= 4 is 16.9 Å². The van der Waals surface area contributed by atoms with E-state index in [2.05, 4.69) is 20.4 Å². The summed E-state index contributed by atoms with van der Waals surface area (Å²) in [7, 11) is 0. The Hall–Kier alpha value is -2.51. The van der Waals surface area contributed by atoms with Gasteiger partial charge in [0.05, 0.1) is 18.3 Å².